The summed E-state index contributed by atoms with van der Waals surface area (Å²) in [6.07, 6.45) is 8.00. The molecule has 104 valence electrons. The van der Waals surface area contributed by atoms with E-state index in [1.54, 1.807) is 0 Å². The van der Waals surface area contributed by atoms with E-state index in [1.165, 1.54) is 32.1 Å². The van der Waals surface area contributed by atoms with Crippen LogP contribution in [0.2, 0.25) is 0 Å². The molecule has 5 rings (SSSR count). The van der Waals surface area contributed by atoms with Crippen LogP contribution < -0.4 is 5.32 Å². The molecule has 4 fully saturated rings. The maximum absolute atomic E-state index is 5.60. The Hall–Kier alpha value is -0.900. The zero-order valence-corrected chi connectivity index (χ0v) is 11.6. The van der Waals surface area contributed by atoms with Gasteiger partial charge in [0.1, 0.15) is 0 Å². The van der Waals surface area contributed by atoms with Crippen molar-refractivity contribution in [2.45, 2.75) is 44.4 Å². The second kappa shape index (κ2) is 4.58. The van der Waals surface area contributed by atoms with Gasteiger partial charge in [0.2, 0.25) is 5.89 Å². The number of hydrogen-bond acceptors (Lipinski definition) is 4. The first-order valence-electron chi connectivity index (χ1n) is 7.80. The summed E-state index contributed by atoms with van der Waals surface area (Å²) in [7, 11) is 1.96. The van der Waals surface area contributed by atoms with Crippen molar-refractivity contribution in [2.24, 2.45) is 23.7 Å². The van der Waals surface area contributed by atoms with Gasteiger partial charge in [0.25, 0.3) is 0 Å². The smallest absolute Gasteiger partial charge is 0.230 e. The van der Waals surface area contributed by atoms with E-state index in [0.717, 1.165) is 48.4 Å². The molecule has 4 bridgehead atoms. The molecule has 0 radical (unpaired) electrons. The lowest BCUT2D eigenvalue weighted by Gasteiger charge is -2.53. The second-order valence-electron chi connectivity index (χ2n) is 6.86. The highest BCUT2D eigenvalue weighted by atomic mass is 16.5. The molecule has 1 N–H and O–H groups in total. The van der Waals surface area contributed by atoms with Crippen molar-refractivity contribution in [2.75, 3.05) is 13.6 Å². The Labute approximate surface area is 114 Å². The minimum absolute atomic E-state index is 0.573. The SMILES string of the molecule is CNCCc1noc(C2C3CC4CC(C3)CC2C4)n1. The summed E-state index contributed by atoms with van der Waals surface area (Å²) in [6, 6.07) is 0. The second-order valence-corrected chi connectivity index (χ2v) is 6.86. The van der Waals surface area contributed by atoms with E-state index in [2.05, 4.69) is 15.5 Å². The van der Waals surface area contributed by atoms with Crippen LogP contribution in [0, 0.1) is 23.7 Å². The van der Waals surface area contributed by atoms with Gasteiger partial charge in [0, 0.05) is 18.9 Å². The number of nitrogens with zero attached hydrogens (tertiary/aromatic N) is 2. The van der Waals surface area contributed by atoms with Crippen LogP contribution in [0.5, 0.6) is 0 Å². The highest BCUT2D eigenvalue weighted by Crippen LogP contribution is 2.59. The first-order chi connectivity index (χ1) is 9.33. The lowest BCUT2D eigenvalue weighted by molar-refractivity contribution is -0.0131. The predicted molar refractivity (Wildman–Crippen MR) is 71.7 cm³/mol. The summed E-state index contributed by atoms with van der Waals surface area (Å²) in [4.78, 5) is 4.68. The fraction of sp³-hybridized carbons (Fsp3) is 0.867. The third kappa shape index (κ3) is 2.00. The van der Waals surface area contributed by atoms with Gasteiger partial charge < -0.3 is 9.84 Å². The lowest BCUT2D eigenvalue weighted by Crippen LogP contribution is -2.43. The topological polar surface area (TPSA) is 51.0 Å². The van der Waals surface area contributed by atoms with Crippen molar-refractivity contribution in [3.05, 3.63) is 11.7 Å². The van der Waals surface area contributed by atoms with Crippen molar-refractivity contribution in [3.63, 3.8) is 0 Å². The summed E-state index contributed by atoms with van der Waals surface area (Å²) in [5, 5.41) is 7.30. The van der Waals surface area contributed by atoms with Crippen LogP contribution in [0.4, 0.5) is 0 Å². The predicted octanol–water partition coefficient (Wildman–Crippen LogP) is 2.37. The fourth-order valence-electron chi connectivity index (χ4n) is 5.07. The molecule has 0 saturated heterocycles. The molecule has 0 atom stereocenters. The van der Waals surface area contributed by atoms with Gasteiger partial charge in [-0.15, -0.1) is 0 Å². The highest BCUT2D eigenvalue weighted by molar-refractivity contribution is 5.09. The summed E-state index contributed by atoms with van der Waals surface area (Å²) in [6.45, 7) is 0.917. The van der Waals surface area contributed by atoms with Crippen LogP contribution >= 0.6 is 0 Å². The van der Waals surface area contributed by atoms with Crippen LogP contribution in [0.3, 0.4) is 0 Å². The van der Waals surface area contributed by atoms with Crippen LogP contribution in [-0.4, -0.2) is 23.7 Å². The lowest BCUT2D eigenvalue weighted by atomic mass is 9.52. The van der Waals surface area contributed by atoms with Crippen LogP contribution in [-0.2, 0) is 6.42 Å². The normalized spacial score (nSPS) is 39.9. The molecule has 0 unspecified atom stereocenters. The molecule has 19 heavy (non-hydrogen) atoms. The summed E-state index contributed by atoms with van der Waals surface area (Å²) >= 11 is 0. The van der Waals surface area contributed by atoms with Gasteiger partial charge in [0.15, 0.2) is 5.82 Å². The molecule has 0 aliphatic heterocycles. The van der Waals surface area contributed by atoms with Gasteiger partial charge in [0.05, 0.1) is 0 Å². The van der Waals surface area contributed by atoms with Gasteiger partial charge in [-0.05, 0) is 62.8 Å². The average Bonchev–Trinajstić information content (AvgIpc) is 2.83. The Morgan fingerprint density at radius 2 is 1.79 bits per heavy atom. The molecule has 1 heterocycles. The number of aromatic nitrogens is 2. The molecule has 0 aromatic carbocycles. The standard InChI is InChI=1S/C15H23N3O/c1-16-3-2-13-17-15(19-18-13)14-11-5-9-4-10(7-11)8-12(14)6-9/h9-12,14,16H,2-8H2,1H3. The number of likely N-dealkylation sites (N-methyl/N-ethyl adjacent to an activating group) is 1. The number of rotatable bonds is 4. The minimum Gasteiger partial charge on any atom is -0.339 e. The third-order valence-corrected chi connectivity index (χ3v) is 5.59. The molecule has 0 amide bonds. The monoisotopic (exact) mass is 261 g/mol. The summed E-state index contributed by atoms with van der Waals surface area (Å²) < 4.78 is 5.60. The first kappa shape index (κ1) is 11.9. The van der Waals surface area contributed by atoms with E-state index in [4.69, 9.17) is 4.52 Å². The Morgan fingerprint density at radius 3 is 2.42 bits per heavy atom. The fourth-order valence-corrected chi connectivity index (χ4v) is 5.07. The zero-order valence-electron chi connectivity index (χ0n) is 11.6. The largest absolute Gasteiger partial charge is 0.339 e. The van der Waals surface area contributed by atoms with E-state index in [0.29, 0.717) is 5.92 Å². The van der Waals surface area contributed by atoms with Crippen LogP contribution in [0.15, 0.2) is 4.52 Å². The zero-order chi connectivity index (χ0) is 12.8. The van der Waals surface area contributed by atoms with E-state index >= 15 is 0 Å². The molecule has 4 aliphatic rings. The van der Waals surface area contributed by atoms with Gasteiger partial charge in [-0.2, -0.15) is 4.98 Å². The molecule has 1 aromatic heterocycles. The third-order valence-electron chi connectivity index (χ3n) is 5.59. The summed E-state index contributed by atoms with van der Waals surface area (Å²) in [5.74, 6) is 6.06. The maximum Gasteiger partial charge on any atom is 0.230 e. The Balaban J connectivity index is 1.54. The van der Waals surface area contributed by atoms with E-state index in [-0.39, 0.29) is 0 Å². The maximum atomic E-state index is 5.60. The van der Waals surface area contributed by atoms with E-state index in [9.17, 15) is 0 Å². The van der Waals surface area contributed by atoms with Crippen molar-refractivity contribution in [1.82, 2.24) is 15.5 Å². The number of nitrogens with one attached hydrogen (secondary N) is 1. The Kier molecular flexibility index (Phi) is 2.87. The van der Waals surface area contributed by atoms with Crippen molar-refractivity contribution >= 4 is 0 Å². The van der Waals surface area contributed by atoms with Gasteiger partial charge in [-0.3, -0.25) is 0 Å². The minimum atomic E-state index is 0.573. The molecular formula is C15H23N3O. The van der Waals surface area contributed by atoms with Crippen molar-refractivity contribution in [1.29, 1.82) is 0 Å². The Morgan fingerprint density at radius 1 is 1.11 bits per heavy atom. The molecule has 4 saturated carbocycles. The van der Waals surface area contributed by atoms with Crippen molar-refractivity contribution in [3.8, 4) is 0 Å². The Bertz CT molecular complexity index is 428. The first-order valence-corrected chi connectivity index (χ1v) is 7.80. The molecular weight excluding hydrogens is 238 g/mol. The quantitative estimate of drug-likeness (QED) is 0.904. The van der Waals surface area contributed by atoms with E-state index in [1.807, 2.05) is 7.05 Å². The summed E-state index contributed by atoms with van der Waals surface area (Å²) in [5.41, 5.74) is 0. The molecule has 0 spiro atoms. The van der Waals surface area contributed by atoms with Crippen LogP contribution in [0.25, 0.3) is 0 Å². The molecule has 4 aliphatic carbocycles. The molecule has 4 nitrogen and oxygen atoms in total. The van der Waals surface area contributed by atoms with Gasteiger partial charge in [-0.1, -0.05) is 5.16 Å². The number of hydrogen-bond donors (Lipinski definition) is 1. The van der Waals surface area contributed by atoms with Crippen molar-refractivity contribution < 1.29 is 4.52 Å². The van der Waals surface area contributed by atoms with Gasteiger partial charge >= 0.3 is 0 Å². The average molecular weight is 261 g/mol. The molecule has 1 aromatic rings. The van der Waals surface area contributed by atoms with E-state index < -0.39 is 0 Å². The van der Waals surface area contributed by atoms with Crippen LogP contribution in [0.1, 0.15) is 49.7 Å². The van der Waals surface area contributed by atoms with Gasteiger partial charge in [-0.25, -0.2) is 0 Å². The highest BCUT2D eigenvalue weighted by Gasteiger charge is 2.50. The molecule has 4 heteroatoms.